The number of hydrogen-bond donors (Lipinski definition) is 1. The number of aliphatic hydroxyl groups is 1. The van der Waals surface area contributed by atoms with Crippen LogP contribution < -0.4 is 0 Å². The van der Waals surface area contributed by atoms with E-state index in [-0.39, 0.29) is 62.7 Å². The number of nitrogens with zero attached hydrogens (tertiary/aromatic N) is 2. The number of aromatic nitrogens is 2. The molecule has 2 unspecified atom stereocenters. The number of carbonyl (C=O) groups is 1. The van der Waals surface area contributed by atoms with E-state index in [9.17, 15) is 13.6 Å². The summed E-state index contributed by atoms with van der Waals surface area (Å²) < 4.78 is 35.1. The summed E-state index contributed by atoms with van der Waals surface area (Å²) in [6.07, 6.45) is 4.95. The van der Waals surface area contributed by atoms with Gasteiger partial charge in [0.1, 0.15) is 0 Å². The van der Waals surface area contributed by atoms with Crippen LogP contribution in [0.1, 0.15) is 52.1 Å². The SMILES string of the molecule is CC(=[OH+])/C=C(/C)O.CCC(CC(C)C(=O)OCCc1ccc(-c2[c-]cc(F)cc2F)nc1)n1c2ccccc2c2ccccc21.[Pt]. The number of halogens is 2. The largest absolute Gasteiger partial charge is 0.512 e. The van der Waals surface area contributed by atoms with Gasteiger partial charge in [-0.3, -0.25) is 18.4 Å². The van der Waals surface area contributed by atoms with Crippen molar-refractivity contribution in [3.8, 4) is 11.3 Å². The average molecular weight is 808 g/mol. The fourth-order valence-electron chi connectivity index (χ4n) is 5.38. The Labute approximate surface area is 282 Å². The molecule has 0 bridgehead atoms. The van der Waals surface area contributed by atoms with E-state index >= 15 is 0 Å². The first-order chi connectivity index (χ1) is 21.6. The maximum atomic E-state index is 14.0. The Kier molecular flexibility index (Phi) is 13.4. The number of esters is 1. The van der Waals surface area contributed by atoms with Gasteiger partial charge in [-0.05, 0) is 43.2 Å². The molecule has 0 saturated heterocycles. The Morgan fingerprint density at radius 3 is 2.20 bits per heavy atom. The Balaban J connectivity index is 0.000000648. The quantitative estimate of drug-likeness (QED) is 0.0504. The molecule has 0 aliphatic rings. The average Bonchev–Trinajstić information content (AvgIpc) is 3.34. The topological polar surface area (TPSA) is 85.8 Å². The summed E-state index contributed by atoms with van der Waals surface area (Å²) >= 11 is 0. The van der Waals surface area contributed by atoms with Gasteiger partial charge in [0, 0.05) is 73.2 Å². The molecule has 0 saturated carbocycles. The Hall–Kier alpha value is -4.16. The Morgan fingerprint density at radius 1 is 1.07 bits per heavy atom. The predicted molar refractivity (Wildman–Crippen MR) is 175 cm³/mol. The number of benzene rings is 3. The normalized spacial score (nSPS) is 12.5. The molecule has 3 aromatic carbocycles. The molecule has 0 aliphatic carbocycles. The molecule has 2 N–H and O–H groups in total. The fourth-order valence-corrected chi connectivity index (χ4v) is 5.38. The van der Waals surface area contributed by atoms with Gasteiger partial charge < -0.3 is 19.4 Å². The van der Waals surface area contributed by atoms with Crippen molar-refractivity contribution in [3.63, 3.8) is 0 Å². The van der Waals surface area contributed by atoms with Crippen LogP contribution >= 0.6 is 0 Å². The van der Waals surface area contributed by atoms with Crippen molar-refractivity contribution >= 4 is 33.6 Å². The van der Waals surface area contributed by atoms with Crippen molar-refractivity contribution in [3.05, 3.63) is 114 Å². The van der Waals surface area contributed by atoms with Gasteiger partial charge in [0.15, 0.2) is 0 Å². The minimum atomic E-state index is -0.709. The van der Waals surface area contributed by atoms with Crippen LogP contribution in [0, 0.1) is 23.6 Å². The Bertz CT molecular complexity index is 1760. The van der Waals surface area contributed by atoms with E-state index in [0.717, 1.165) is 24.1 Å². The van der Waals surface area contributed by atoms with E-state index in [1.54, 1.807) is 18.3 Å². The smallest absolute Gasteiger partial charge is 0.316 e. The maximum absolute atomic E-state index is 14.0. The number of allylic oxidation sites excluding steroid dienone is 2. The van der Waals surface area contributed by atoms with Gasteiger partial charge in [0.05, 0.1) is 31.3 Å². The number of ketones is 1. The zero-order valence-corrected chi connectivity index (χ0v) is 28.5. The molecule has 2 aromatic heterocycles. The number of para-hydroxylation sites is 2. The molecule has 9 heteroatoms. The third-order valence-corrected chi connectivity index (χ3v) is 7.47. The number of aliphatic hydroxyl groups excluding tert-OH is 1. The number of ether oxygens (including phenoxy) is 1. The fraction of sp³-hybridized carbons (Fsp3) is 0.270. The van der Waals surface area contributed by atoms with Crippen molar-refractivity contribution < 1.29 is 49.3 Å². The first-order valence-corrected chi connectivity index (χ1v) is 14.9. The summed E-state index contributed by atoms with van der Waals surface area (Å²) in [5.74, 6) is -1.63. The van der Waals surface area contributed by atoms with Gasteiger partial charge in [-0.25, -0.2) is 0 Å². The molecule has 2 heterocycles. The number of carbonyl (C=O) groups excluding carboxylic acids is 2. The van der Waals surface area contributed by atoms with Gasteiger partial charge >= 0.3 is 11.8 Å². The molecule has 5 aromatic rings. The molecule has 0 radical (unpaired) electrons. The van der Waals surface area contributed by atoms with Crippen LogP contribution in [0.2, 0.25) is 0 Å². The summed E-state index contributed by atoms with van der Waals surface area (Å²) in [6.45, 7) is 7.30. The molecular formula is C37H38F2N2O4Pt. The van der Waals surface area contributed by atoms with Gasteiger partial charge in [-0.15, -0.1) is 12.1 Å². The molecule has 0 spiro atoms. The molecule has 5 rings (SSSR count). The minimum absolute atomic E-state index is 0. The van der Waals surface area contributed by atoms with E-state index < -0.39 is 11.6 Å². The van der Waals surface area contributed by atoms with Crippen molar-refractivity contribution in [2.45, 2.75) is 53.0 Å². The van der Waals surface area contributed by atoms with E-state index in [4.69, 9.17) is 14.6 Å². The zero-order valence-electron chi connectivity index (χ0n) is 26.2. The molecule has 46 heavy (non-hydrogen) atoms. The zero-order chi connectivity index (χ0) is 32.5. The first-order valence-electron chi connectivity index (χ1n) is 14.9. The number of rotatable bonds is 10. The van der Waals surface area contributed by atoms with Gasteiger partial charge in [-0.1, -0.05) is 74.0 Å². The van der Waals surface area contributed by atoms with Crippen molar-refractivity contribution in [1.82, 2.24) is 9.55 Å². The predicted octanol–water partition coefficient (Wildman–Crippen LogP) is 8.71. The van der Waals surface area contributed by atoms with Crippen LogP contribution in [0.25, 0.3) is 33.1 Å². The van der Waals surface area contributed by atoms with Gasteiger partial charge in [0.25, 0.3) is 0 Å². The van der Waals surface area contributed by atoms with E-state index in [1.807, 2.05) is 6.92 Å². The summed E-state index contributed by atoms with van der Waals surface area (Å²) in [5.41, 5.74) is 3.69. The number of fused-ring (bicyclic) bond motifs is 3. The summed E-state index contributed by atoms with van der Waals surface area (Å²) in [7, 11) is 0. The van der Waals surface area contributed by atoms with E-state index in [2.05, 4.69) is 71.1 Å². The summed E-state index contributed by atoms with van der Waals surface area (Å²) in [5, 5.41) is 10.8. The van der Waals surface area contributed by atoms with Crippen molar-refractivity contribution in [1.29, 1.82) is 0 Å². The molecule has 6 nitrogen and oxygen atoms in total. The third kappa shape index (κ3) is 9.20. The minimum Gasteiger partial charge on any atom is -0.512 e. The van der Waals surface area contributed by atoms with Crippen molar-refractivity contribution in [2.75, 3.05) is 6.61 Å². The second-order valence-corrected chi connectivity index (χ2v) is 11.0. The van der Waals surface area contributed by atoms with E-state index in [0.29, 0.717) is 18.5 Å². The van der Waals surface area contributed by atoms with Crippen LogP contribution in [0.15, 0.2) is 90.8 Å². The van der Waals surface area contributed by atoms with Crippen LogP contribution in [0.4, 0.5) is 8.78 Å². The third-order valence-electron chi connectivity index (χ3n) is 7.47. The number of hydrogen-bond acceptors (Lipinski definition) is 4. The molecule has 0 amide bonds. The molecular weight excluding hydrogens is 769 g/mol. The second kappa shape index (κ2) is 16.9. The standard InChI is InChI=1S/C32H29F2N2O2.C5H8O2.Pt/c1-3-24(36-30-10-6-4-8-25(30)26-9-5-7-11-31(26)36)18-21(2)32(37)38-17-16-22-12-15-29(35-20-22)27-14-13-23(33)19-28(27)34;1-4(6)3-5(2)7;/h4-13,15,19-21,24H,3,16-18H2,1-2H3;3,6H,1-2H3;/q-1;;/p+1/b;4-3-;. The molecule has 0 aliphatic heterocycles. The van der Waals surface area contributed by atoms with Crippen LogP contribution in [-0.4, -0.2) is 37.8 Å². The van der Waals surface area contributed by atoms with Crippen LogP contribution in [0.5, 0.6) is 0 Å². The Morgan fingerprint density at radius 2 is 1.70 bits per heavy atom. The van der Waals surface area contributed by atoms with Crippen LogP contribution in [-0.2, 0) is 37.0 Å². The first kappa shape index (κ1) is 36.3. The van der Waals surface area contributed by atoms with Crippen LogP contribution in [0.3, 0.4) is 0 Å². The molecule has 2 atom stereocenters. The maximum Gasteiger partial charge on any atom is 0.316 e. The summed E-state index contributed by atoms with van der Waals surface area (Å²) in [4.78, 5) is 25.5. The van der Waals surface area contributed by atoms with Crippen molar-refractivity contribution in [2.24, 2.45) is 5.92 Å². The van der Waals surface area contributed by atoms with Gasteiger partial charge in [0.2, 0.25) is 0 Å². The number of pyridine rings is 1. The summed E-state index contributed by atoms with van der Waals surface area (Å²) in [6, 6.07) is 24.9. The second-order valence-electron chi connectivity index (χ2n) is 11.0. The molecule has 244 valence electrons. The monoisotopic (exact) mass is 807 g/mol. The van der Waals surface area contributed by atoms with Gasteiger partial charge in [-0.2, -0.15) is 0 Å². The molecule has 0 fully saturated rings. The van der Waals surface area contributed by atoms with E-state index in [1.165, 1.54) is 41.7 Å².